The maximum absolute atomic E-state index is 4.36. The molecule has 1 heterocycles. The molecule has 1 atom stereocenters. The molecule has 0 aromatic carbocycles. The summed E-state index contributed by atoms with van der Waals surface area (Å²) in [6.45, 7) is 7.78. The molecule has 0 aliphatic heterocycles. The first-order valence-electron chi connectivity index (χ1n) is 3.87. The van der Waals surface area contributed by atoms with Crippen LogP contribution in [0.25, 0.3) is 0 Å². The molecule has 3 heteroatoms. The first-order valence-corrected chi connectivity index (χ1v) is 5.20. The lowest BCUT2D eigenvalue weighted by Gasteiger charge is -2.01. The van der Waals surface area contributed by atoms with E-state index in [1.807, 2.05) is 19.9 Å². The summed E-state index contributed by atoms with van der Waals surface area (Å²) in [7, 11) is 0. The second kappa shape index (κ2) is 4.10. The predicted octanol–water partition coefficient (Wildman–Crippen LogP) is 2.79. The number of aryl methyl sites for hydroxylation is 2. The zero-order valence-corrected chi connectivity index (χ0v) is 9.08. The Morgan fingerprint density at radius 1 is 1.67 bits per heavy atom. The van der Waals surface area contributed by atoms with Crippen LogP contribution in [-0.4, -0.2) is 10.2 Å². The van der Waals surface area contributed by atoms with E-state index in [0.29, 0.717) is 0 Å². The van der Waals surface area contributed by atoms with Crippen LogP contribution in [0.5, 0.6) is 0 Å². The minimum atomic E-state index is 0.253. The largest absolute Gasteiger partial charge is 0.247 e. The van der Waals surface area contributed by atoms with Gasteiger partial charge in [0.2, 0.25) is 0 Å². The van der Waals surface area contributed by atoms with E-state index in [4.69, 9.17) is 0 Å². The van der Waals surface area contributed by atoms with E-state index in [0.717, 1.165) is 17.1 Å². The number of thiazole rings is 1. The first-order chi connectivity index (χ1) is 5.63. The van der Waals surface area contributed by atoms with E-state index in [1.54, 1.807) is 11.3 Å². The van der Waals surface area contributed by atoms with Crippen molar-refractivity contribution in [3.63, 3.8) is 0 Å². The zero-order chi connectivity index (χ0) is 9.14. The fourth-order valence-electron chi connectivity index (χ4n) is 1.04. The number of aromatic nitrogens is 1. The maximum atomic E-state index is 4.36. The summed E-state index contributed by atoms with van der Waals surface area (Å²) in [6.07, 6.45) is 2.81. The van der Waals surface area contributed by atoms with Crippen LogP contribution >= 0.6 is 24.0 Å². The number of hydrogen-bond donors (Lipinski definition) is 1. The van der Waals surface area contributed by atoms with Crippen LogP contribution < -0.4 is 0 Å². The van der Waals surface area contributed by atoms with Gasteiger partial charge < -0.3 is 0 Å². The molecule has 66 valence electrons. The van der Waals surface area contributed by atoms with Crippen LogP contribution in [0.2, 0.25) is 0 Å². The summed E-state index contributed by atoms with van der Waals surface area (Å²) < 4.78 is 0. The fourth-order valence-corrected chi connectivity index (χ4v) is 2.34. The molecule has 1 unspecified atom stereocenters. The third-order valence-corrected chi connectivity index (χ3v) is 3.15. The van der Waals surface area contributed by atoms with Gasteiger partial charge in [-0.2, -0.15) is 12.6 Å². The van der Waals surface area contributed by atoms with Crippen molar-refractivity contribution in [1.82, 2.24) is 4.98 Å². The monoisotopic (exact) mass is 199 g/mol. The van der Waals surface area contributed by atoms with E-state index in [-0.39, 0.29) is 5.25 Å². The van der Waals surface area contributed by atoms with Crippen LogP contribution in [0.15, 0.2) is 12.7 Å². The van der Waals surface area contributed by atoms with Gasteiger partial charge in [-0.25, -0.2) is 4.98 Å². The Kier molecular flexibility index (Phi) is 3.35. The van der Waals surface area contributed by atoms with Gasteiger partial charge in [0, 0.05) is 10.1 Å². The Balaban J connectivity index is 2.74. The molecule has 0 amide bonds. The van der Waals surface area contributed by atoms with E-state index in [9.17, 15) is 0 Å². The molecule has 1 aromatic rings. The van der Waals surface area contributed by atoms with Gasteiger partial charge in [-0.3, -0.25) is 0 Å². The molecule has 0 spiro atoms. The van der Waals surface area contributed by atoms with Gasteiger partial charge in [-0.05, 0) is 20.3 Å². The van der Waals surface area contributed by atoms with E-state index in [2.05, 4.69) is 24.2 Å². The third-order valence-electron chi connectivity index (χ3n) is 1.67. The number of thiol groups is 1. The lowest BCUT2D eigenvalue weighted by Crippen LogP contribution is -1.97. The van der Waals surface area contributed by atoms with Crippen molar-refractivity contribution in [3.05, 3.63) is 28.2 Å². The smallest absolute Gasteiger partial charge is 0.0900 e. The van der Waals surface area contributed by atoms with Crippen molar-refractivity contribution >= 4 is 24.0 Å². The molecule has 0 N–H and O–H groups in total. The molecule has 0 saturated carbocycles. The highest BCUT2D eigenvalue weighted by atomic mass is 32.1. The molecule has 0 radical (unpaired) electrons. The summed E-state index contributed by atoms with van der Waals surface area (Å²) in [5.41, 5.74) is 1.14. The summed E-state index contributed by atoms with van der Waals surface area (Å²) in [5, 5.41) is 1.38. The maximum Gasteiger partial charge on any atom is 0.0900 e. The van der Waals surface area contributed by atoms with Gasteiger partial charge in [0.25, 0.3) is 0 Å². The molecule has 1 rings (SSSR count). The van der Waals surface area contributed by atoms with Gasteiger partial charge in [0.1, 0.15) is 0 Å². The highest BCUT2D eigenvalue weighted by Gasteiger charge is 2.07. The summed E-state index contributed by atoms with van der Waals surface area (Å²) >= 11 is 6.11. The van der Waals surface area contributed by atoms with Crippen LogP contribution in [0.4, 0.5) is 0 Å². The topological polar surface area (TPSA) is 12.9 Å². The number of nitrogens with zero attached hydrogens (tertiary/aromatic N) is 1. The Bertz CT molecular complexity index is 278. The van der Waals surface area contributed by atoms with E-state index < -0.39 is 0 Å². The third kappa shape index (κ3) is 2.35. The van der Waals surface area contributed by atoms with E-state index >= 15 is 0 Å². The lowest BCUT2D eigenvalue weighted by molar-refractivity contribution is 1.02. The minimum absolute atomic E-state index is 0.253. The molecule has 0 aliphatic carbocycles. The summed E-state index contributed by atoms with van der Waals surface area (Å²) in [6, 6.07) is 0. The average Bonchev–Trinajstić information content (AvgIpc) is 2.30. The van der Waals surface area contributed by atoms with Crippen molar-refractivity contribution in [2.24, 2.45) is 0 Å². The zero-order valence-electron chi connectivity index (χ0n) is 7.37. The van der Waals surface area contributed by atoms with Gasteiger partial charge in [-0.15, -0.1) is 17.9 Å². The van der Waals surface area contributed by atoms with Crippen LogP contribution in [-0.2, 0) is 6.42 Å². The van der Waals surface area contributed by atoms with Crippen LogP contribution in [0.1, 0.15) is 15.6 Å². The van der Waals surface area contributed by atoms with E-state index in [1.165, 1.54) is 4.88 Å². The van der Waals surface area contributed by atoms with Crippen molar-refractivity contribution < 1.29 is 0 Å². The molecule has 1 aromatic heterocycles. The lowest BCUT2D eigenvalue weighted by atomic mass is 10.2. The molecule has 12 heavy (non-hydrogen) atoms. The van der Waals surface area contributed by atoms with Crippen molar-refractivity contribution in [2.75, 3.05) is 0 Å². The van der Waals surface area contributed by atoms with Crippen LogP contribution in [0.3, 0.4) is 0 Å². The number of rotatable bonds is 3. The molecule has 0 aliphatic rings. The Morgan fingerprint density at radius 2 is 2.33 bits per heavy atom. The summed E-state index contributed by atoms with van der Waals surface area (Å²) in [5.74, 6) is 0. The summed E-state index contributed by atoms with van der Waals surface area (Å²) in [4.78, 5) is 5.67. The van der Waals surface area contributed by atoms with Gasteiger partial charge in [0.15, 0.2) is 0 Å². The normalized spacial score (nSPS) is 12.9. The standard InChI is InChI=1S/C9H13NS2/c1-4-8(11)5-9-6(2)10-7(3)12-9/h4,8,11H,1,5H2,2-3H3. The van der Waals surface area contributed by atoms with Crippen LogP contribution in [0, 0.1) is 13.8 Å². The second-order valence-electron chi connectivity index (χ2n) is 2.75. The Morgan fingerprint density at radius 3 is 2.75 bits per heavy atom. The Hall–Kier alpha value is -0.280. The van der Waals surface area contributed by atoms with Gasteiger partial charge >= 0.3 is 0 Å². The predicted molar refractivity (Wildman–Crippen MR) is 58.3 cm³/mol. The molecular formula is C9H13NS2. The minimum Gasteiger partial charge on any atom is -0.247 e. The van der Waals surface area contributed by atoms with Crippen molar-refractivity contribution in [1.29, 1.82) is 0 Å². The first kappa shape index (κ1) is 9.81. The fraction of sp³-hybridized carbons (Fsp3) is 0.444. The molecule has 0 bridgehead atoms. The molecule has 0 saturated heterocycles. The van der Waals surface area contributed by atoms with Gasteiger partial charge in [-0.1, -0.05) is 6.08 Å². The Labute approximate surface area is 82.9 Å². The SMILES string of the molecule is C=CC(S)Cc1sc(C)nc1C. The highest BCUT2D eigenvalue weighted by molar-refractivity contribution is 7.81. The molecule has 1 nitrogen and oxygen atoms in total. The molecule has 0 fully saturated rings. The average molecular weight is 199 g/mol. The van der Waals surface area contributed by atoms with Crippen molar-refractivity contribution in [3.8, 4) is 0 Å². The van der Waals surface area contributed by atoms with Gasteiger partial charge in [0.05, 0.1) is 10.7 Å². The number of hydrogen-bond acceptors (Lipinski definition) is 3. The quantitative estimate of drug-likeness (QED) is 0.583. The second-order valence-corrected chi connectivity index (χ2v) is 4.70. The highest BCUT2D eigenvalue weighted by Crippen LogP contribution is 2.20. The van der Waals surface area contributed by atoms with Crippen molar-refractivity contribution in [2.45, 2.75) is 25.5 Å². The molecular weight excluding hydrogens is 186 g/mol.